The lowest BCUT2D eigenvalue weighted by Crippen LogP contribution is -2.62. The van der Waals surface area contributed by atoms with Crippen LogP contribution in [0, 0.1) is 29.3 Å². The molecule has 10 heteroatoms. The van der Waals surface area contributed by atoms with E-state index in [1.54, 1.807) is 4.90 Å². The average Bonchev–Trinajstić information content (AvgIpc) is 3.47. The Balaban J connectivity index is 1.20. The van der Waals surface area contributed by atoms with Crippen LogP contribution in [0.25, 0.3) is 0 Å². The number of aliphatic hydroxyl groups is 1. The molecule has 5 atom stereocenters. The summed E-state index contributed by atoms with van der Waals surface area (Å²) in [6, 6.07) is 1.21. The molecule has 0 radical (unpaired) electrons. The summed E-state index contributed by atoms with van der Waals surface area (Å²) < 4.78 is 46.9. The number of benzene rings is 1. The van der Waals surface area contributed by atoms with Crippen molar-refractivity contribution >= 4 is 11.8 Å². The molecule has 0 spiro atoms. The number of halogens is 3. The molecule has 2 saturated carbocycles. The highest BCUT2D eigenvalue weighted by molar-refractivity contribution is 5.98. The highest BCUT2D eigenvalue weighted by Crippen LogP contribution is 2.58. The van der Waals surface area contributed by atoms with E-state index in [2.05, 4.69) is 5.32 Å². The third-order valence-electron chi connectivity index (χ3n) is 7.18. The Labute approximate surface area is 181 Å². The van der Waals surface area contributed by atoms with Crippen molar-refractivity contribution in [3.63, 3.8) is 0 Å². The van der Waals surface area contributed by atoms with E-state index in [-0.39, 0.29) is 48.0 Å². The molecule has 1 aromatic carbocycles. The normalized spacial score (nSPS) is 32.3. The SMILES string of the molecule is O=C(NCc1c(F)cc(F)cc1F)C1=CN2CC3OC4C[C@@H]([C@H]5C[C@@H]45)N3C(=O)C2=C(O)C1. The zero-order valence-electron chi connectivity index (χ0n) is 16.9. The van der Waals surface area contributed by atoms with Crippen LogP contribution in [-0.4, -0.2) is 51.6 Å². The summed E-state index contributed by atoms with van der Waals surface area (Å²) in [5, 5.41) is 13.0. The maximum absolute atomic E-state index is 13.8. The molecule has 3 heterocycles. The lowest BCUT2D eigenvalue weighted by Gasteiger charge is -2.49. The molecule has 2 bridgehead atoms. The highest BCUT2D eigenvalue weighted by atomic mass is 19.1. The van der Waals surface area contributed by atoms with Crippen LogP contribution in [0.15, 0.2) is 35.4 Å². The lowest BCUT2D eigenvalue weighted by atomic mass is 9.99. The van der Waals surface area contributed by atoms with Gasteiger partial charge in [-0.05, 0) is 24.7 Å². The van der Waals surface area contributed by atoms with Crippen molar-refractivity contribution in [3.8, 4) is 0 Å². The van der Waals surface area contributed by atoms with E-state index >= 15 is 0 Å². The summed E-state index contributed by atoms with van der Waals surface area (Å²) in [5.41, 5.74) is -0.193. The predicted molar refractivity (Wildman–Crippen MR) is 103 cm³/mol. The first-order valence-electron chi connectivity index (χ1n) is 10.6. The Morgan fingerprint density at radius 1 is 1.19 bits per heavy atom. The van der Waals surface area contributed by atoms with E-state index in [4.69, 9.17) is 4.74 Å². The largest absolute Gasteiger partial charge is 0.510 e. The Bertz CT molecular complexity index is 1100. The summed E-state index contributed by atoms with van der Waals surface area (Å²) in [7, 11) is 0. The number of fused-ring (bicyclic) bond motifs is 8. The maximum Gasteiger partial charge on any atom is 0.276 e. The van der Waals surface area contributed by atoms with Gasteiger partial charge < -0.3 is 25.0 Å². The fourth-order valence-electron chi connectivity index (χ4n) is 5.63. The molecule has 6 rings (SSSR count). The lowest BCUT2D eigenvalue weighted by molar-refractivity contribution is -0.183. The number of hydrogen-bond acceptors (Lipinski definition) is 5. The quantitative estimate of drug-likeness (QED) is 0.742. The number of amides is 2. The summed E-state index contributed by atoms with van der Waals surface area (Å²) in [6.45, 7) is -0.203. The van der Waals surface area contributed by atoms with Crippen molar-refractivity contribution in [3.05, 3.63) is 58.4 Å². The Morgan fingerprint density at radius 2 is 1.94 bits per heavy atom. The van der Waals surface area contributed by atoms with Gasteiger partial charge in [-0.3, -0.25) is 9.59 Å². The minimum absolute atomic E-state index is 0.132. The Morgan fingerprint density at radius 3 is 2.69 bits per heavy atom. The molecular formula is C22H20F3N3O4. The van der Waals surface area contributed by atoms with Gasteiger partial charge in [0.2, 0.25) is 5.91 Å². The van der Waals surface area contributed by atoms with Gasteiger partial charge in [-0.2, -0.15) is 0 Å². The molecule has 2 N–H and O–H groups in total. The number of carbonyl (C=O) groups excluding carboxylic acids is 2. The molecule has 5 aliphatic rings. The number of carbonyl (C=O) groups is 2. The fraction of sp³-hybridized carbons (Fsp3) is 0.455. The Kier molecular flexibility index (Phi) is 4.14. The van der Waals surface area contributed by atoms with Crippen molar-refractivity contribution in [2.24, 2.45) is 11.8 Å². The van der Waals surface area contributed by atoms with Crippen LogP contribution in [0.4, 0.5) is 13.2 Å². The van der Waals surface area contributed by atoms with E-state index in [0.29, 0.717) is 24.0 Å². The number of rotatable bonds is 3. The second-order valence-corrected chi connectivity index (χ2v) is 9.02. The number of nitrogens with zero attached hydrogens (tertiary/aromatic N) is 2. The average molecular weight is 447 g/mol. The standard InChI is InChI=1S/C22H20F3N3O4/c23-10-2-14(24)13(15(25)3-10)6-26-21(30)9-1-17(29)20-22(31)28-16-5-18(12-4-11(12)16)32-19(28)8-27(20)7-9/h2-3,7,11-12,16,18-19,29H,1,4-6,8H2,(H,26,30)/t11-,12+,16-,18?,19?/m0/s1. The van der Waals surface area contributed by atoms with Crippen molar-refractivity contribution < 1.29 is 32.6 Å². The minimum atomic E-state index is -1.10. The van der Waals surface area contributed by atoms with E-state index in [1.807, 2.05) is 0 Å². The molecule has 32 heavy (non-hydrogen) atoms. The topological polar surface area (TPSA) is 82.1 Å². The first kappa shape index (κ1) is 19.7. The van der Waals surface area contributed by atoms with Crippen LogP contribution in [-0.2, 0) is 20.9 Å². The second-order valence-electron chi connectivity index (χ2n) is 9.02. The first-order valence-corrected chi connectivity index (χ1v) is 10.6. The van der Waals surface area contributed by atoms with Crippen molar-refractivity contribution in [2.75, 3.05) is 6.54 Å². The molecule has 2 saturated heterocycles. The monoisotopic (exact) mass is 447 g/mol. The first-order chi connectivity index (χ1) is 15.3. The highest BCUT2D eigenvalue weighted by Gasteiger charge is 2.63. The van der Waals surface area contributed by atoms with Gasteiger partial charge in [0.1, 0.15) is 28.9 Å². The van der Waals surface area contributed by atoms with Gasteiger partial charge in [0.15, 0.2) is 6.23 Å². The van der Waals surface area contributed by atoms with Crippen molar-refractivity contribution in [2.45, 2.75) is 44.2 Å². The molecule has 0 aromatic heterocycles. The third-order valence-corrected chi connectivity index (χ3v) is 7.18. The van der Waals surface area contributed by atoms with Crippen LogP contribution in [0.2, 0.25) is 0 Å². The number of ether oxygens (including phenoxy) is 1. The summed E-state index contributed by atoms with van der Waals surface area (Å²) in [5.74, 6) is -3.47. The van der Waals surface area contributed by atoms with Gasteiger partial charge in [-0.1, -0.05) is 0 Å². The van der Waals surface area contributed by atoms with Crippen molar-refractivity contribution in [1.82, 2.24) is 15.1 Å². The third kappa shape index (κ3) is 2.85. The van der Waals surface area contributed by atoms with Crippen LogP contribution in [0.5, 0.6) is 0 Å². The van der Waals surface area contributed by atoms with Crippen LogP contribution in [0.3, 0.4) is 0 Å². The maximum atomic E-state index is 13.8. The number of piperazine rings is 1. The molecule has 1 aromatic rings. The molecule has 2 unspecified atom stereocenters. The predicted octanol–water partition coefficient (Wildman–Crippen LogP) is 2.05. The fourth-order valence-corrected chi connectivity index (χ4v) is 5.63. The van der Waals surface area contributed by atoms with Gasteiger partial charge in [0.25, 0.3) is 5.91 Å². The van der Waals surface area contributed by atoms with E-state index in [1.165, 1.54) is 11.1 Å². The van der Waals surface area contributed by atoms with Gasteiger partial charge in [0, 0.05) is 48.5 Å². The molecule has 2 amide bonds. The number of allylic oxidation sites excluding steroid dienone is 1. The second kappa shape index (κ2) is 6.74. The van der Waals surface area contributed by atoms with Crippen LogP contribution in [0.1, 0.15) is 24.8 Å². The minimum Gasteiger partial charge on any atom is -0.510 e. The molecule has 2 aliphatic carbocycles. The van der Waals surface area contributed by atoms with Crippen LogP contribution < -0.4 is 5.32 Å². The van der Waals surface area contributed by atoms with Crippen LogP contribution >= 0.6 is 0 Å². The summed E-state index contributed by atoms with van der Waals surface area (Å²) in [4.78, 5) is 29.1. The number of aliphatic hydroxyl groups excluding tert-OH is 1. The zero-order valence-corrected chi connectivity index (χ0v) is 16.9. The molecule has 7 nitrogen and oxygen atoms in total. The smallest absolute Gasteiger partial charge is 0.276 e. The van der Waals surface area contributed by atoms with E-state index in [9.17, 15) is 27.9 Å². The summed E-state index contributed by atoms with van der Waals surface area (Å²) in [6.07, 6.45) is 2.88. The molecule has 4 fully saturated rings. The van der Waals surface area contributed by atoms with Gasteiger partial charge in [0.05, 0.1) is 12.6 Å². The number of hydrogen-bond donors (Lipinski definition) is 2. The molecule has 3 aliphatic heterocycles. The van der Waals surface area contributed by atoms with Gasteiger partial charge in [-0.15, -0.1) is 0 Å². The zero-order chi connectivity index (χ0) is 22.3. The van der Waals surface area contributed by atoms with E-state index < -0.39 is 41.7 Å². The van der Waals surface area contributed by atoms with E-state index in [0.717, 1.165) is 12.8 Å². The molecular weight excluding hydrogens is 427 g/mol. The van der Waals surface area contributed by atoms with Gasteiger partial charge in [-0.25, -0.2) is 13.2 Å². The van der Waals surface area contributed by atoms with Gasteiger partial charge >= 0.3 is 0 Å². The molecule has 168 valence electrons. The number of nitrogens with one attached hydrogen (secondary N) is 1. The van der Waals surface area contributed by atoms with Crippen molar-refractivity contribution in [1.29, 1.82) is 0 Å². The summed E-state index contributed by atoms with van der Waals surface area (Å²) >= 11 is 0. The Hall–Kier alpha value is -3.01.